The Labute approximate surface area is 107 Å². The third-order valence-electron chi connectivity index (χ3n) is 2.81. The van der Waals surface area contributed by atoms with Crippen LogP contribution in [-0.4, -0.2) is 4.99 Å². The number of thiocarbonyl (C=S) groups is 1. The highest BCUT2D eigenvalue weighted by atomic mass is 32.1. The van der Waals surface area contributed by atoms with Crippen LogP contribution in [0.5, 0.6) is 0 Å². The second-order valence-corrected chi connectivity index (χ2v) is 4.45. The van der Waals surface area contributed by atoms with Crippen LogP contribution in [-0.2, 0) is 12.8 Å². The molecule has 0 fully saturated rings. The number of aryl methyl sites for hydroxylation is 2. The number of hydrogen-bond donors (Lipinski definition) is 1. The van der Waals surface area contributed by atoms with Crippen LogP contribution in [0.25, 0.3) is 0 Å². The van der Waals surface area contributed by atoms with Crippen LogP contribution < -0.4 is 5.73 Å². The van der Waals surface area contributed by atoms with E-state index in [-0.39, 0.29) is 0 Å². The van der Waals surface area contributed by atoms with Gasteiger partial charge in [-0.1, -0.05) is 66.8 Å². The first-order valence-electron chi connectivity index (χ1n) is 5.69. The van der Waals surface area contributed by atoms with Crippen molar-refractivity contribution in [2.45, 2.75) is 12.8 Å². The van der Waals surface area contributed by atoms with E-state index in [1.807, 2.05) is 24.3 Å². The van der Waals surface area contributed by atoms with Crippen LogP contribution in [0.1, 0.15) is 16.7 Å². The molecule has 2 aromatic rings. The summed E-state index contributed by atoms with van der Waals surface area (Å²) in [4.78, 5) is 0.480. The highest BCUT2D eigenvalue weighted by molar-refractivity contribution is 7.80. The summed E-state index contributed by atoms with van der Waals surface area (Å²) in [6.07, 6.45) is 1.98. The van der Waals surface area contributed by atoms with Crippen molar-refractivity contribution < 1.29 is 0 Å². The quantitative estimate of drug-likeness (QED) is 0.832. The fraction of sp³-hybridized carbons (Fsp3) is 0.133. The number of rotatable bonds is 4. The molecule has 0 atom stereocenters. The molecule has 0 aliphatic carbocycles. The van der Waals surface area contributed by atoms with E-state index >= 15 is 0 Å². The van der Waals surface area contributed by atoms with Crippen LogP contribution in [0.4, 0.5) is 0 Å². The summed E-state index contributed by atoms with van der Waals surface area (Å²) in [7, 11) is 0. The minimum atomic E-state index is 0.480. The van der Waals surface area contributed by atoms with Crippen LogP contribution in [0.15, 0.2) is 54.6 Å². The molecule has 2 rings (SSSR count). The maximum atomic E-state index is 5.71. The Morgan fingerprint density at radius 1 is 0.882 bits per heavy atom. The van der Waals surface area contributed by atoms with E-state index in [9.17, 15) is 0 Å². The van der Waals surface area contributed by atoms with E-state index in [2.05, 4.69) is 30.3 Å². The predicted molar refractivity (Wildman–Crippen MR) is 76.2 cm³/mol. The Hall–Kier alpha value is -1.67. The fourth-order valence-electron chi connectivity index (χ4n) is 1.90. The molecule has 2 aromatic carbocycles. The van der Waals surface area contributed by atoms with Crippen LogP contribution in [0, 0.1) is 0 Å². The average molecular weight is 241 g/mol. The van der Waals surface area contributed by atoms with Gasteiger partial charge in [0.25, 0.3) is 0 Å². The Balaban J connectivity index is 2.12. The zero-order valence-electron chi connectivity index (χ0n) is 9.60. The van der Waals surface area contributed by atoms with Crippen LogP contribution >= 0.6 is 12.2 Å². The Morgan fingerprint density at radius 3 is 2.24 bits per heavy atom. The topological polar surface area (TPSA) is 26.0 Å². The summed E-state index contributed by atoms with van der Waals surface area (Å²) in [5.41, 5.74) is 9.28. The smallest absolute Gasteiger partial charge is 0.104 e. The lowest BCUT2D eigenvalue weighted by molar-refractivity contribution is 0.958. The minimum Gasteiger partial charge on any atom is -0.389 e. The molecule has 86 valence electrons. The predicted octanol–water partition coefficient (Wildman–Crippen LogP) is 3.11. The molecule has 2 N–H and O–H groups in total. The molecular formula is C15H15NS. The van der Waals surface area contributed by atoms with Gasteiger partial charge in [-0.2, -0.15) is 0 Å². The van der Waals surface area contributed by atoms with Gasteiger partial charge in [0, 0.05) is 5.56 Å². The maximum absolute atomic E-state index is 5.71. The molecule has 0 aromatic heterocycles. The largest absolute Gasteiger partial charge is 0.389 e. The normalized spacial score (nSPS) is 10.1. The molecule has 0 bridgehead atoms. The van der Waals surface area contributed by atoms with Crippen molar-refractivity contribution in [2.75, 3.05) is 0 Å². The van der Waals surface area contributed by atoms with E-state index in [4.69, 9.17) is 18.0 Å². The Kier molecular flexibility index (Phi) is 3.89. The van der Waals surface area contributed by atoms with Crippen molar-refractivity contribution in [1.82, 2.24) is 0 Å². The van der Waals surface area contributed by atoms with Gasteiger partial charge in [-0.05, 0) is 24.0 Å². The van der Waals surface area contributed by atoms with Gasteiger partial charge >= 0.3 is 0 Å². The van der Waals surface area contributed by atoms with E-state index in [1.54, 1.807) is 0 Å². The summed E-state index contributed by atoms with van der Waals surface area (Å²) >= 11 is 5.06. The molecular weight excluding hydrogens is 226 g/mol. The van der Waals surface area contributed by atoms with Gasteiger partial charge in [-0.3, -0.25) is 0 Å². The minimum absolute atomic E-state index is 0.480. The molecule has 0 radical (unpaired) electrons. The molecule has 0 saturated carbocycles. The van der Waals surface area contributed by atoms with Gasteiger partial charge in [0.05, 0.1) is 0 Å². The van der Waals surface area contributed by atoms with Gasteiger partial charge < -0.3 is 5.73 Å². The lowest BCUT2D eigenvalue weighted by Gasteiger charge is -2.07. The van der Waals surface area contributed by atoms with E-state index in [1.165, 1.54) is 11.1 Å². The molecule has 0 amide bonds. The van der Waals surface area contributed by atoms with Gasteiger partial charge in [0.2, 0.25) is 0 Å². The van der Waals surface area contributed by atoms with Gasteiger partial charge in [-0.25, -0.2) is 0 Å². The molecule has 0 aliphatic rings. The summed E-state index contributed by atoms with van der Waals surface area (Å²) in [6.45, 7) is 0. The molecule has 2 heteroatoms. The fourth-order valence-corrected chi connectivity index (χ4v) is 2.10. The first-order chi connectivity index (χ1) is 8.27. The van der Waals surface area contributed by atoms with E-state index in [0.717, 1.165) is 18.4 Å². The van der Waals surface area contributed by atoms with Crippen molar-refractivity contribution in [3.05, 3.63) is 71.3 Å². The molecule has 0 unspecified atom stereocenters. The summed E-state index contributed by atoms with van der Waals surface area (Å²) < 4.78 is 0. The summed E-state index contributed by atoms with van der Waals surface area (Å²) in [5, 5.41) is 0. The molecule has 0 spiro atoms. The Bertz CT molecular complexity index is 505. The first kappa shape index (κ1) is 11.8. The second kappa shape index (κ2) is 5.60. The van der Waals surface area contributed by atoms with E-state index < -0.39 is 0 Å². The number of benzene rings is 2. The van der Waals surface area contributed by atoms with Crippen molar-refractivity contribution in [3.63, 3.8) is 0 Å². The van der Waals surface area contributed by atoms with Crippen molar-refractivity contribution in [2.24, 2.45) is 5.73 Å². The second-order valence-electron chi connectivity index (χ2n) is 4.01. The zero-order valence-corrected chi connectivity index (χ0v) is 10.4. The third kappa shape index (κ3) is 3.14. The molecule has 17 heavy (non-hydrogen) atoms. The van der Waals surface area contributed by atoms with Gasteiger partial charge in [0.1, 0.15) is 4.99 Å². The van der Waals surface area contributed by atoms with Gasteiger partial charge in [-0.15, -0.1) is 0 Å². The van der Waals surface area contributed by atoms with Crippen LogP contribution in [0.3, 0.4) is 0 Å². The number of nitrogens with two attached hydrogens (primary N) is 1. The summed E-state index contributed by atoms with van der Waals surface area (Å²) in [5.74, 6) is 0. The van der Waals surface area contributed by atoms with Crippen molar-refractivity contribution in [3.8, 4) is 0 Å². The highest BCUT2D eigenvalue weighted by Crippen LogP contribution is 2.12. The molecule has 0 heterocycles. The standard InChI is InChI=1S/C15H15NS/c16-15(17)14-9-5-4-8-13(14)11-10-12-6-2-1-3-7-12/h1-9H,10-11H2,(H2,16,17). The molecule has 1 nitrogen and oxygen atoms in total. The summed E-state index contributed by atoms with van der Waals surface area (Å²) in [6, 6.07) is 18.5. The average Bonchev–Trinajstić information content (AvgIpc) is 2.38. The zero-order chi connectivity index (χ0) is 12.1. The third-order valence-corrected chi connectivity index (χ3v) is 3.03. The lowest BCUT2D eigenvalue weighted by atomic mass is 10.00. The SMILES string of the molecule is NC(=S)c1ccccc1CCc1ccccc1. The van der Waals surface area contributed by atoms with Gasteiger partial charge in [0.15, 0.2) is 0 Å². The molecule has 0 saturated heterocycles. The van der Waals surface area contributed by atoms with E-state index in [0.29, 0.717) is 4.99 Å². The molecule has 0 aliphatic heterocycles. The van der Waals surface area contributed by atoms with Crippen LogP contribution in [0.2, 0.25) is 0 Å². The first-order valence-corrected chi connectivity index (χ1v) is 6.10. The Morgan fingerprint density at radius 2 is 1.53 bits per heavy atom. The highest BCUT2D eigenvalue weighted by Gasteiger charge is 2.04. The van der Waals surface area contributed by atoms with Crippen molar-refractivity contribution in [1.29, 1.82) is 0 Å². The lowest BCUT2D eigenvalue weighted by Crippen LogP contribution is -2.12. The monoisotopic (exact) mass is 241 g/mol. The van der Waals surface area contributed by atoms with Crippen molar-refractivity contribution >= 4 is 17.2 Å². The maximum Gasteiger partial charge on any atom is 0.104 e. The number of hydrogen-bond acceptors (Lipinski definition) is 1.